The summed E-state index contributed by atoms with van der Waals surface area (Å²) in [7, 11) is 0. The molecular formula is C19H16N2O2S. The first kappa shape index (κ1) is 15.0. The van der Waals surface area contributed by atoms with E-state index in [-0.39, 0.29) is 11.0 Å². The molecule has 0 aliphatic rings. The highest BCUT2D eigenvalue weighted by Crippen LogP contribution is 2.31. The summed E-state index contributed by atoms with van der Waals surface area (Å²) in [6, 6.07) is 15.7. The molecule has 0 radical (unpaired) electrons. The minimum Gasteiger partial charge on any atom is -0.431 e. The third kappa shape index (κ3) is 2.83. The lowest BCUT2D eigenvalue weighted by Gasteiger charge is -2.08. The summed E-state index contributed by atoms with van der Waals surface area (Å²) in [5, 5.41) is 1.64. The van der Waals surface area contributed by atoms with Gasteiger partial charge in [0.2, 0.25) is 0 Å². The summed E-state index contributed by atoms with van der Waals surface area (Å²) in [5.41, 5.74) is 3.74. The Morgan fingerprint density at radius 2 is 2.00 bits per heavy atom. The quantitative estimate of drug-likeness (QED) is 0.525. The Bertz CT molecular complexity index is 985. The van der Waals surface area contributed by atoms with Crippen LogP contribution in [0.25, 0.3) is 22.0 Å². The van der Waals surface area contributed by atoms with Crippen molar-refractivity contribution in [2.24, 2.45) is 0 Å². The average molecular weight is 336 g/mol. The Morgan fingerprint density at radius 3 is 2.88 bits per heavy atom. The normalized spacial score (nSPS) is 12.7. The van der Waals surface area contributed by atoms with Crippen molar-refractivity contribution in [2.75, 3.05) is 0 Å². The van der Waals surface area contributed by atoms with Crippen molar-refractivity contribution in [2.45, 2.75) is 24.5 Å². The fraction of sp³-hybridized carbons (Fsp3) is 0.158. The minimum absolute atomic E-state index is 0.0549. The van der Waals surface area contributed by atoms with Gasteiger partial charge in [-0.3, -0.25) is 4.79 Å². The number of benzene rings is 2. The van der Waals surface area contributed by atoms with E-state index in [1.807, 2.05) is 48.7 Å². The average Bonchev–Trinajstić information content (AvgIpc) is 3.17. The number of oxazole rings is 1. The lowest BCUT2D eigenvalue weighted by Crippen LogP contribution is -2.00. The van der Waals surface area contributed by atoms with Crippen LogP contribution in [-0.2, 0) is 4.79 Å². The van der Waals surface area contributed by atoms with Gasteiger partial charge in [0.05, 0.1) is 0 Å². The summed E-state index contributed by atoms with van der Waals surface area (Å²) >= 11 is 1.07. The number of aromatic nitrogens is 2. The minimum atomic E-state index is 0.0549. The van der Waals surface area contributed by atoms with E-state index in [0.717, 1.165) is 28.4 Å². The van der Waals surface area contributed by atoms with E-state index in [1.165, 1.54) is 5.39 Å². The van der Waals surface area contributed by atoms with Crippen LogP contribution in [0.15, 0.2) is 64.4 Å². The van der Waals surface area contributed by atoms with Gasteiger partial charge in [-0.25, -0.2) is 4.98 Å². The fourth-order valence-electron chi connectivity index (χ4n) is 2.90. The SMILES string of the molecule is C[C@H](CC(=O)Sc1nc2ccccc2o1)c1c[nH]c2ccccc12. The van der Waals surface area contributed by atoms with E-state index in [2.05, 4.69) is 23.0 Å². The largest absolute Gasteiger partial charge is 0.431 e. The molecule has 120 valence electrons. The van der Waals surface area contributed by atoms with E-state index in [9.17, 15) is 4.79 Å². The van der Waals surface area contributed by atoms with Crippen molar-refractivity contribution in [3.05, 3.63) is 60.3 Å². The van der Waals surface area contributed by atoms with Crippen LogP contribution in [-0.4, -0.2) is 15.1 Å². The number of rotatable bonds is 4. The molecule has 0 fully saturated rings. The van der Waals surface area contributed by atoms with Gasteiger partial charge in [0.1, 0.15) is 5.52 Å². The lowest BCUT2D eigenvalue weighted by atomic mass is 9.98. The molecular weight excluding hydrogens is 320 g/mol. The first-order chi connectivity index (χ1) is 11.7. The molecule has 1 N–H and O–H groups in total. The van der Waals surface area contributed by atoms with Crippen LogP contribution in [0.5, 0.6) is 0 Å². The second-order valence-electron chi connectivity index (χ2n) is 5.82. The maximum atomic E-state index is 12.4. The number of carbonyl (C=O) groups excluding carboxylic acids is 1. The highest BCUT2D eigenvalue weighted by atomic mass is 32.2. The topological polar surface area (TPSA) is 58.9 Å². The van der Waals surface area contributed by atoms with Gasteiger partial charge in [0.25, 0.3) is 5.22 Å². The van der Waals surface area contributed by atoms with Gasteiger partial charge in [0, 0.05) is 35.3 Å². The molecule has 0 saturated heterocycles. The van der Waals surface area contributed by atoms with Crippen molar-refractivity contribution < 1.29 is 9.21 Å². The van der Waals surface area contributed by atoms with Crippen LogP contribution >= 0.6 is 11.8 Å². The van der Waals surface area contributed by atoms with Crippen molar-refractivity contribution in [1.82, 2.24) is 9.97 Å². The van der Waals surface area contributed by atoms with Crippen LogP contribution in [0, 0.1) is 0 Å². The van der Waals surface area contributed by atoms with Crippen LogP contribution in [0.4, 0.5) is 0 Å². The number of carbonyl (C=O) groups is 1. The second-order valence-corrected chi connectivity index (χ2v) is 6.83. The first-order valence-corrected chi connectivity index (χ1v) is 8.64. The number of H-pyrrole nitrogens is 1. The number of nitrogens with one attached hydrogen (secondary N) is 1. The van der Waals surface area contributed by atoms with E-state index in [0.29, 0.717) is 17.2 Å². The van der Waals surface area contributed by atoms with Gasteiger partial charge in [-0.15, -0.1) is 0 Å². The molecule has 2 aromatic carbocycles. The maximum absolute atomic E-state index is 12.4. The predicted octanol–water partition coefficient (Wildman–Crippen LogP) is 5.12. The van der Waals surface area contributed by atoms with Crippen LogP contribution in [0.1, 0.15) is 24.8 Å². The zero-order valence-electron chi connectivity index (χ0n) is 13.2. The number of hydrogen-bond acceptors (Lipinski definition) is 4. The Morgan fingerprint density at radius 1 is 1.21 bits per heavy atom. The molecule has 0 aliphatic carbocycles. The smallest absolute Gasteiger partial charge is 0.264 e. The van der Waals surface area contributed by atoms with Gasteiger partial charge < -0.3 is 9.40 Å². The van der Waals surface area contributed by atoms with E-state index in [1.54, 1.807) is 0 Å². The van der Waals surface area contributed by atoms with Gasteiger partial charge in [-0.2, -0.15) is 0 Å². The van der Waals surface area contributed by atoms with Gasteiger partial charge >= 0.3 is 0 Å². The predicted molar refractivity (Wildman–Crippen MR) is 96.2 cm³/mol. The van der Waals surface area contributed by atoms with Crippen molar-refractivity contribution >= 4 is 38.9 Å². The highest BCUT2D eigenvalue weighted by molar-refractivity contribution is 8.13. The number of para-hydroxylation sites is 3. The molecule has 0 unspecified atom stereocenters. The molecule has 0 amide bonds. The molecule has 0 saturated carbocycles. The van der Waals surface area contributed by atoms with Crippen molar-refractivity contribution in [1.29, 1.82) is 0 Å². The van der Waals surface area contributed by atoms with Crippen LogP contribution < -0.4 is 0 Å². The fourth-order valence-corrected chi connectivity index (χ4v) is 3.70. The summed E-state index contributed by atoms with van der Waals surface area (Å²) in [6.07, 6.45) is 2.43. The van der Waals surface area contributed by atoms with Gasteiger partial charge in [-0.1, -0.05) is 37.3 Å². The van der Waals surface area contributed by atoms with Gasteiger partial charge in [0.15, 0.2) is 10.7 Å². The van der Waals surface area contributed by atoms with Crippen molar-refractivity contribution in [3.8, 4) is 0 Å². The molecule has 2 heterocycles. The molecule has 4 nitrogen and oxygen atoms in total. The zero-order chi connectivity index (χ0) is 16.5. The van der Waals surface area contributed by atoms with E-state index < -0.39 is 0 Å². The molecule has 24 heavy (non-hydrogen) atoms. The highest BCUT2D eigenvalue weighted by Gasteiger charge is 2.18. The third-order valence-electron chi connectivity index (χ3n) is 4.10. The summed E-state index contributed by atoms with van der Waals surface area (Å²) < 4.78 is 5.61. The Balaban J connectivity index is 1.49. The molecule has 0 spiro atoms. The van der Waals surface area contributed by atoms with E-state index in [4.69, 9.17) is 4.42 Å². The lowest BCUT2D eigenvalue weighted by molar-refractivity contribution is -0.111. The Labute approximate surface area is 143 Å². The van der Waals surface area contributed by atoms with Gasteiger partial charge in [-0.05, 0) is 29.7 Å². The Hall–Kier alpha value is -2.53. The summed E-state index contributed by atoms with van der Waals surface area (Å²) in [4.78, 5) is 20.0. The van der Waals surface area contributed by atoms with Crippen molar-refractivity contribution in [3.63, 3.8) is 0 Å². The third-order valence-corrected chi connectivity index (χ3v) is 4.84. The number of thioether (sulfide) groups is 1. The monoisotopic (exact) mass is 336 g/mol. The molecule has 2 aromatic heterocycles. The second kappa shape index (κ2) is 6.17. The summed E-state index contributed by atoms with van der Waals surface area (Å²) in [5.74, 6) is 0.130. The molecule has 4 rings (SSSR count). The molecule has 5 heteroatoms. The van der Waals surface area contributed by atoms with Crippen LogP contribution in [0.3, 0.4) is 0 Å². The zero-order valence-corrected chi connectivity index (χ0v) is 14.0. The van der Waals surface area contributed by atoms with E-state index >= 15 is 0 Å². The maximum Gasteiger partial charge on any atom is 0.264 e. The number of nitrogens with zero attached hydrogens (tertiary/aromatic N) is 1. The van der Waals surface area contributed by atoms with Crippen LogP contribution in [0.2, 0.25) is 0 Å². The Kier molecular flexibility index (Phi) is 3.86. The number of hydrogen-bond donors (Lipinski definition) is 1. The standard InChI is InChI=1S/C19H16N2O2S/c1-12(14-11-20-15-7-3-2-6-13(14)15)10-18(22)24-19-21-16-8-4-5-9-17(16)23-19/h2-9,11-12,20H,10H2,1H3/t12-/m1/s1. The first-order valence-electron chi connectivity index (χ1n) is 7.83. The molecule has 0 aliphatic heterocycles. The summed E-state index contributed by atoms with van der Waals surface area (Å²) in [6.45, 7) is 2.07. The number of fused-ring (bicyclic) bond motifs is 2. The molecule has 4 aromatic rings. The molecule has 1 atom stereocenters. The molecule has 0 bridgehead atoms. The number of aromatic amines is 1.